The number of pyridine rings is 1. The number of benzene rings is 1. The maximum atomic E-state index is 13.0. The summed E-state index contributed by atoms with van der Waals surface area (Å²) < 4.78 is 1.71. The van der Waals surface area contributed by atoms with Crippen molar-refractivity contribution in [3.8, 4) is 5.82 Å². The van der Waals surface area contributed by atoms with Crippen molar-refractivity contribution in [2.45, 2.75) is 33.1 Å². The van der Waals surface area contributed by atoms with Gasteiger partial charge >= 0.3 is 0 Å². The first-order chi connectivity index (χ1) is 14.0. The van der Waals surface area contributed by atoms with Crippen LogP contribution in [0.3, 0.4) is 0 Å². The number of aryl methyl sites for hydroxylation is 2. The number of piperidine rings is 1. The van der Waals surface area contributed by atoms with E-state index < -0.39 is 0 Å². The van der Waals surface area contributed by atoms with Crippen LogP contribution in [0.25, 0.3) is 5.82 Å². The average Bonchev–Trinajstić information content (AvgIpc) is 3.07. The van der Waals surface area contributed by atoms with Gasteiger partial charge in [-0.15, -0.1) is 0 Å². The molecule has 4 rings (SSSR count). The molecule has 7 heteroatoms. The van der Waals surface area contributed by atoms with Crippen LogP contribution in [-0.2, 0) is 0 Å². The second-order valence-corrected chi connectivity index (χ2v) is 7.76. The van der Waals surface area contributed by atoms with Crippen LogP contribution >= 0.6 is 11.6 Å². The van der Waals surface area contributed by atoms with Crippen LogP contribution in [0.4, 0.5) is 11.4 Å². The van der Waals surface area contributed by atoms with Crippen molar-refractivity contribution in [2.24, 2.45) is 0 Å². The lowest BCUT2D eigenvalue weighted by molar-refractivity contribution is 0.102. The van der Waals surface area contributed by atoms with E-state index in [1.807, 2.05) is 44.2 Å². The zero-order valence-corrected chi connectivity index (χ0v) is 17.4. The lowest BCUT2D eigenvalue weighted by atomic mass is 10.1. The largest absolute Gasteiger partial charge is 0.370 e. The molecule has 3 aromatic rings. The van der Waals surface area contributed by atoms with Crippen LogP contribution in [0.5, 0.6) is 0 Å². The van der Waals surface area contributed by atoms with Crippen LogP contribution in [0.15, 0.2) is 42.5 Å². The number of nitrogens with one attached hydrogen (secondary N) is 1. The molecule has 6 nitrogen and oxygen atoms in total. The van der Waals surface area contributed by atoms with Crippen LogP contribution in [0.2, 0.25) is 5.02 Å². The third-order valence-electron chi connectivity index (χ3n) is 5.12. The number of rotatable bonds is 4. The van der Waals surface area contributed by atoms with Gasteiger partial charge < -0.3 is 10.2 Å². The Morgan fingerprint density at radius 2 is 1.83 bits per heavy atom. The number of aromatic nitrogens is 3. The summed E-state index contributed by atoms with van der Waals surface area (Å²) in [6.45, 7) is 5.87. The number of halogens is 1. The standard InChI is InChI=1S/C22H24ClN5O/c1-15-14-16(2)28(26-15)20-11-10-17(23)21(25-20)22(29)24-18-8-4-5-9-19(18)27-12-6-3-7-13-27/h4-5,8-11,14H,3,6-7,12-13H2,1-2H3,(H,24,29). The van der Waals surface area contributed by atoms with E-state index in [2.05, 4.69) is 20.3 Å². The Kier molecular flexibility index (Phi) is 5.53. The van der Waals surface area contributed by atoms with E-state index in [9.17, 15) is 4.79 Å². The first-order valence-electron chi connectivity index (χ1n) is 9.88. The molecule has 1 saturated heterocycles. The third-order valence-corrected chi connectivity index (χ3v) is 5.43. The fraction of sp³-hybridized carbons (Fsp3) is 0.318. The molecule has 0 unspecified atom stereocenters. The lowest BCUT2D eigenvalue weighted by Gasteiger charge is -2.30. The first kappa shape index (κ1) is 19.5. The van der Waals surface area contributed by atoms with E-state index in [1.165, 1.54) is 19.3 Å². The van der Waals surface area contributed by atoms with E-state index in [1.54, 1.807) is 16.8 Å². The fourth-order valence-electron chi connectivity index (χ4n) is 3.74. The smallest absolute Gasteiger partial charge is 0.275 e. The topological polar surface area (TPSA) is 63.1 Å². The van der Waals surface area contributed by atoms with E-state index in [4.69, 9.17) is 11.6 Å². The van der Waals surface area contributed by atoms with Gasteiger partial charge in [0.05, 0.1) is 22.1 Å². The molecule has 1 aromatic carbocycles. The first-order valence-corrected chi connectivity index (χ1v) is 10.3. The van der Waals surface area contributed by atoms with Gasteiger partial charge in [-0.25, -0.2) is 9.67 Å². The second kappa shape index (κ2) is 8.25. The quantitative estimate of drug-likeness (QED) is 0.673. The maximum Gasteiger partial charge on any atom is 0.275 e. The molecule has 29 heavy (non-hydrogen) atoms. The predicted molar refractivity (Wildman–Crippen MR) is 116 cm³/mol. The Morgan fingerprint density at radius 3 is 2.55 bits per heavy atom. The number of carbonyl (C=O) groups is 1. The highest BCUT2D eigenvalue weighted by molar-refractivity contribution is 6.34. The minimum Gasteiger partial charge on any atom is -0.370 e. The van der Waals surface area contributed by atoms with E-state index in [0.29, 0.717) is 10.8 Å². The van der Waals surface area contributed by atoms with Crippen molar-refractivity contribution in [3.05, 3.63) is 64.6 Å². The van der Waals surface area contributed by atoms with Gasteiger partial charge in [-0.3, -0.25) is 4.79 Å². The molecule has 0 bridgehead atoms. The van der Waals surface area contributed by atoms with Crippen LogP contribution < -0.4 is 10.2 Å². The average molecular weight is 410 g/mol. The minimum absolute atomic E-state index is 0.185. The Morgan fingerprint density at radius 1 is 1.07 bits per heavy atom. The SMILES string of the molecule is Cc1cc(C)n(-c2ccc(Cl)c(C(=O)Nc3ccccc3N3CCCCC3)n2)n1. The number of para-hydroxylation sites is 2. The zero-order chi connectivity index (χ0) is 20.4. The van der Waals surface area contributed by atoms with Gasteiger partial charge in [0.1, 0.15) is 5.69 Å². The van der Waals surface area contributed by atoms with Crippen molar-refractivity contribution >= 4 is 28.9 Å². The third kappa shape index (κ3) is 4.12. The summed E-state index contributed by atoms with van der Waals surface area (Å²) in [5.74, 6) is 0.234. The Hall–Kier alpha value is -2.86. The molecule has 1 fully saturated rings. The normalized spacial score (nSPS) is 14.1. The highest BCUT2D eigenvalue weighted by Crippen LogP contribution is 2.29. The van der Waals surface area contributed by atoms with Gasteiger partial charge in [-0.05, 0) is 63.4 Å². The van der Waals surface area contributed by atoms with Crippen LogP contribution in [0.1, 0.15) is 41.1 Å². The molecule has 0 spiro atoms. The number of hydrogen-bond donors (Lipinski definition) is 1. The summed E-state index contributed by atoms with van der Waals surface area (Å²) in [6, 6.07) is 13.3. The van der Waals surface area contributed by atoms with Crippen LogP contribution in [-0.4, -0.2) is 33.8 Å². The number of carbonyl (C=O) groups excluding carboxylic acids is 1. The molecule has 3 heterocycles. The minimum atomic E-state index is -0.331. The molecule has 0 atom stereocenters. The Balaban J connectivity index is 1.63. The molecule has 0 radical (unpaired) electrons. The Bertz CT molecular complexity index is 1040. The van der Waals surface area contributed by atoms with Crippen molar-refractivity contribution in [3.63, 3.8) is 0 Å². The number of nitrogens with zero attached hydrogens (tertiary/aromatic N) is 4. The maximum absolute atomic E-state index is 13.0. The molecule has 1 aliphatic heterocycles. The van der Waals surface area contributed by atoms with Gasteiger partial charge in [-0.1, -0.05) is 23.7 Å². The molecule has 0 saturated carbocycles. The highest BCUT2D eigenvalue weighted by Gasteiger charge is 2.19. The summed E-state index contributed by atoms with van der Waals surface area (Å²) in [4.78, 5) is 19.9. The fourth-order valence-corrected chi connectivity index (χ4v) is 3.93. The second-order valence-electron chi connectivity index (χ2n) is 7.36. The van der Waals surface area contributed by atoms with Crippen LogP contribution in [0, 0.1) is 13.8 Å². The summed E-state index contributed by atoms with van der Waals surface area (Å²) in [6.07, 6.45) is 3.59. The number of hydrogen-bond acceptors (Lipinski definition) is 4. The van der Waals surface area contributed by atoms with E-state index >= 15 is 0 Å². The molecule has 1 amide bonds. The summed E-state index contributed by atoms with van der Waals surface area (Å²) in [7, 11) is 0. The monoisotopic (exact) mass is 409 g/mol. The highest BCUT2D eigenvalue weighted by atomic mass is 35.5. The number of amides is 1. The van der Waals surface area contributed by atoms with Gasteiger partial charge in [-0.2, -0.15) is 5.10 Å². The molecule has 0 aliphatic carbocycles. The Labute approximate surface area is 175 Å². The molecular weight excluding hydrogens is 386 g/mol. The molecule has 150 valence electrons. The van der Waals surface area contributed by atoms with Crippen molar-refractivity contribution < 1.29 is 4.79 Å². The summed E-state index contributed by atoms with van der Waals surface area (Å²) in [5.41, 5.74) is 3.82. The van der Waals surface area contributed by atoms with E-state index in [0.717, 1.165) is 35.9 Å². The van der Waals surface area contributed by atoms with Gasteiger partial charge in [0.15, 0.2) is 5.82 Å². The molecule has 1 N–H and O–H groups in total. The molecular formula is C22H24ClN5O. The van der Waals surface area contributed by atoms with Crippen molar-refractivity contribution in [1.82, 2.24) is 14.8 Å². The van der Waals surface area contributed by atoms with Gasteiger partial charge in [0.25, 0.3) is 5.91 Å². The summed E-state index contributed by atoms with van der Waals surface area (Å²) in [5, 5.41) is 7.76. The lowest BCUT2D eigenvalue weighted by Crippen LogP contribution is -2.30. The predicted octanol–water partition coefficient (Wildman–Crippen LogP) is 4.78. The summed E-state index contributed by atoms with van der Waals surface area (Å²) >= 11 is 6.31. The van der Waals surface area contributed by atoms with Gasteiger partial charge in [0.2, 0.25) is 0 Å². The van der Waals surface area contributed by atoms with Crippen molar-refractivity contribution in [2.75, 3.05) is 23.3 Å². The van der Waals surface area contributed by atoms with E-state index in [-0.39, 0.29) is 11.6 Å². The molecule has 2 aromatic heterocycles. The zero-order valence-electron chi connectivity index (χ0n) is 16.7. The van der Waals surface area contributed by atoms with Gasteiger partial charge in [0, 0.05) is 18.8 Å². The van der Waals surface area contributed by atoms with Crippen molar-refractivity contribution in [1.29, 1.82) is 0 Å². The molecule has 1 aliphatic rings. The number of anilines is 2.